The van der Waals surface area contributed by atoms with Crippen LogP contribution >= 0.6 is 15.9 Å². The fraction of sp³-hybridized carbons (Fsp3) is 0.615. The first-order valence-corrected chi connectivity index (χ1v) is 6.94. The number of piperidine rings is 1. The quantitative estimate of drug-likeness (QED) is 0.855. The van der Waals surface area contributed by atoms with Crippen molar-refractivity contribution in [1.82, 2.24) is 9.88 Å². The van der Waals surface area contributed by atoms with Crippen LogP contribution in [0.4, 0.5) is 5.69 Å². The van der Waals surface area contributed by atoms with Gasteiger partial charge in [-0.2, -0.15) is 0 Å². The topological polar surface area (TPSA) is 19.4 Å². The number of halogens is 1. The summed E-state index contributed by atoms with van der Waals surface area (Å²) in [5, 5.41) is 0. The van der Waals surface area contributed by atoms with E-state index in [-0.39, 0.29) is 0 Å². The number of aromatic nitrogens is 1. The monoisotopic (exact) mass is 297 g/mol. The van der Waals surface area contributed by atoms with Crippen molar-refractivity contribution in [3.8, 4) is 0 Å². The van der Waals surface area contributed by atoms with Gasteiger partial charge >= 0.3 is 0 Å². The second-order valence-corrected chi connectivity index (χ2v) is 5.90. The Morgan fingerprint density at radius 1 is 1.41 bits per heavy atom. The van der Waals surface area contributed by atoms with Crippen LogP contribution < -0.4 is 4.90 Å². The van der Waals surface area contributed by atoms with E-state index in [2.05, 4.69) is 50.9 Å². The average Bonchev–Trinajstić information content (AvgIpc) is 2.32. The minimum atomic E-state index is 0.815. The minimum Gasteiger partial charge on any atom is -0.373 e. The van der Waals surface area contributed by atoms with Crippen LogP contribution in [0.2, 0.25) is 0 Å². The highest BCUT2D eigenvalue weighted by molar-refractivity contribution is 9.10. The molecule has 2 rings (SSSR count). The summed E-state index contributed by atoms with van der Waals surface area (Å²) in [6, 6.07) is 2.13. The molecule has 17 heavy (non-hydrogen) atoms. The van der Waals surface area contributed by atoms with Crippen molar-refractivity contribution in [2.75, 3.05) is 38.6 Å². The standard InChI is InChI=1S/C13H20BrN3/c1-16-5-3-11(4-6-16)10-17(2)13-7-12(14)8-15-9-13/h7-9,11H,3-6,10H2,1-2H3. The summed E-state index contributed by atoms with van der Waals surface area (Å²) in [7, 11) is 4.36. The molecule has 0 radical (unpaired) electrons. The lowest BCUT2D eigenvalue weighted by molar-refractivity contribution is 0.222. The van der Waals surface area contributed by atoms with Crippen LogP contribution in [0.25, 0.3) is 0 Å². The Morgan fingerprint density at radius 3 is 2.76 bits per heavy atom. The molecule has 0 bridgehead atoms. The Labute approximate surface area is 112 Å². The molecule has 0 spiro atoms. The predicted molar refractivity (Wildman–Crippen MR) is 75.4 cm³/mol. The number of rotatable bonds is 3. The van der Waals surface area contributed by atoms with Gasteiger partial charge in [0.15, 0.2) is 0 Å². The molecule has 0 amide bonds. The van der Waals surface area contributed by atoms with Gasteiger partial charge in [-0.05, 0) is 60.9 Å². The van der Waals surface area contributed by atoms with Gasteiger partial charge < -0.3 is 9.80 Å². The number of likely N-dealkylation sites (tertiary alicyclic amines) is 1. The first-order valence-electron chi connectivity index (χ1n) is 6.15. The molecular weight excluding hydrogens is 278 g/mol. The largest absolute Gasteiger partial charge is 0.373 e. The van der Waals surface area contributed by atoms with Crippen LogP contribution in [0.3, 0.4) is 0 Å². The van der Waals surface area contributed by atoms with E-state index in [0.29, 0.717) is 0 Å². The molecule has 4 heteroatoms. The van der Waals surface area contributed by atoms with E-state index in [0.717, 1.165) is 16.9 Å². The molecule has 0 unspecified atom stereocenters. The molecule has 3 nitrogen and oxygen atoms in total. The van der Waals surface area contributed by atoms with E-state index in [4.69, 9.17) is 0 Å². The Hall–Kier alpha value is -0.610. The van der Waals surface area contributed by atoms with Gasteiger partial charge in [-0.25, -0.2) is 0 Å². The fourth-order valence-corrected chi connectivity index (χ4v) is 2.70. The molecule has 0 saturated carbocycles. The third kappa shape index (κ3) is 3.68. The molecule has 1 saturated heterocycles. The van der Waals surface area contributed by atoms with E-state index in [9.17, 15) is 0 Å². The van der Waals surface area contributed by atoms with E-state index in [1.807, 2.05) is 12.4 Å². The summed E-state index contributed by atoms with van der Waals surface area (Å²) in [4.78, 5) is 8.94. The molecule has 1 aromatic rings. The van der Waals surface area contributed by atoms with Crippen LogP contribution in [0.15, 0.2) is 22.9 Å². The number of pyridine rings is 1. The van der Waals surface area contributed by atoms with Crippen molar-refractivity contribution in [2.45, 2.75) is 12.8 Å². The van der Waals surface area contributed by atoms with Gasteiger partial charge in [0.25, 0.3) is 0 Å². The van der Waals surface area contributed by atoms with E-state index in [1.165, 1.54) is 31.6 Å². The highest BCUT2D eigenvalue weighted by atomic mass is 79.9. The van der Waals surface area contributed by atoms with Crippen molar-refractivity contribution in [3.05, 3.63) is 22.9 Å². The molecule has 1 aliphatic heterocycles. The zero-order chi connectivity index (χ0) is 12.3. The Balaban J connectivity index is 1.90. The average molecular weight is 298 g/mol. The summed E-state index contributed by atoms with van der Waals surface area (Å²) in [5.41, 5.74) is 1.19. The minimum absolute atomic E-state index is 0.815. The van der Waals surface area contributed by atoms with Crippen LogP contribution in [-0.2, 0) is 0 Å². The van der Waals surface area contributed by atoms with Crippen molar-refractivity contribution in [2.24, 2.45) is 5.92 Å². The smallest absolute Gasteiger partial charge is 0.0561 e. The highest BCUT2D eigenvalue weighted by Gasteiger charge is 2.18. The molecular formula is C13H20BrN3. The summed E-state index contributed by atoms with van der Waals surface area (Å²) in [5.74, 6) is 0.815. The van der Waals surface area contributed by atoms with Gasteiger partial charge in [0.1, 0.15) is 0 Å². The van der Waals surface area contributed by atoms with E-state index >= 15 is 0 Å². The molecule has 1 fully saturated rings. The van der Waals surface area contributed by atoms with Gasteiger partial charge in [0, 0.05) is 24.3 Å². The Kier molecular flexibility index (Phi) is 4.40. The lowest BCUT2D eigenvalue weighted by Crippen LogP contribution is -2.35. The van der Waals surface area contributed by atoms with Crippen LogP contribution in [-0.4, -0.2) is 43.6 Å². The van der Waals surface area contributed by atoms with Crippen molar-refractivity contribution >= 4 is 21.6 Å². The molecule has 94 valence electrons. The van der Waals surface area contributed by atoms with Gasteiger partial charge in [-0.1, -0.05) is 0 Å². The van der Waals surface area contributed by atoms with Crippen molar-refractivity contribution in [3.63, 3.8) is 0 Å². The third-order valence-electron chi connectivity index (χ3n) is 3.50. The molecule has 0 aromatic carbocycles. The van der Waals surface area contributed by atoms with Crippen molar-refractivity contribution < 1.29 is 0 Å². The SMILES string of the molecule is CN1CCC(CN(C)c2cncc(Br)c2)CC1. The van der Waals surface area contributed by atoms with Gasteiger partial charge in [0.2, 0.25) is 0 Å². The van der Waals surface area contributed by atoms with Crippen molar-refractivity contribution in [1.29, 1.82) is 0 Å². The normalized spacial score (nSPS) is 18.3. The number of hydrogen-bond acceptors (Lipinski definition) is 3. The number of anilines is 1. The molecule has 1 aromatic heterocycles. The molecule has 0 aliphatic carbocycles. The summed E-state index contributed by atoms with van der Waals surface area (Å²) in [6.07, 6.45) is 6.37. The first kappa shape index (κ1) is 12.8. The van der Waals surface area contributed by atoms with E-state index in [1.54, 1.807) is 0 Å². The van der Waals surface area contributed by atoms with Gasteiger partial charge in [0.05, 0.1) is 11.9 Å². The summed E-state index contributed by atoms with van der Waals surface area (Å²) >= 11 is 3.47. The van der Waals surface area contributed by atoms with E-state index < -0.39 is 0 Å². The lowest BCUT2D eigenvalue weighted by atomic mass is 9.96. The van der Waals surface area contributed by atoms with Gasteiger partial charge in [-0.3, -0.25) is 4.98 Å². The summed E-state index contributed by atoms with van der Waals surface area (Å²) < 4.78 is 1.05. The van der Waals surface area contributed by atoms with Crippen LogP contribution in [0.1, 0.15) is 12.8 Å². The third-order valence-corrected chi connectivity index (χ3v) is 3.94. The fourth-order valence-electron chi connectivity index (χ4n) is 2.35. The maximum atomic E-state index is 4.21. The lowest BCUT2D eigenvalue weighted by Gasteiger charge is -2.32. The number of hydrogen-bond donors (Lipinski definition) is 0. The first-order chi connectivity index (χ1) is 8.15. The zero-order valence-electron chi connectivity index (χ0n) is 10.6. The predicted octanol–water partition coefficient (Wildman–Crippen LogP) is 2.62. The number of nitrogens with zero attached hydrogens (tertiary/aromatic N) is 3. The Morgan fingerprint density at radius 2 is 2.12 bits per heavy atom. The second-order valence-electron chi connectivity index (χ2n) is 4.99. The van der Waals surface area contributed by atoms with Crippen LogP contribution in [0, 0.1) is 5.92 Å². The Bertz CT molecular complexity index is 361. The maximum absolute atomic E-state index is 4.21. The molecule has 1 aliphatic rings. The van der Waals surface area contributed by atoms with Gasteiger partial charge in [-0.15, -0.1) is 0 Å². The molecule has 2 heterocycles. The summed E-state index contributed by atoms with van der Waals surface area (Å²) in [6.45, 7) is 3.59. The van der Waals surface area contributed by atoms with Crippen LogP contribution in [0.5, 0.6) is 0 Å². The molecule has 0 N–H and O–H groups in total. The maximum Gasteiger partial charge on any atom is 0.0561 e. The second kappa shape index (κ2) is 5.83. The molecule has 0 atom stereocenters. The zero-order valence-corrected chi connectivity index (χ0v) is 12.2. The highest BCUT2D eigenvalue weighted by Crippen LogP contribution is 2.21.